The van der Waals surface area contributed by atoms with Crippen LogP contribution in [-0.2, 0) is 14.8 Å². The van der Waals surface area contributed by atoms with Gasteiger partial charge in [0, 0.05) is 6.42 Å². The minimum absolute atomic E-state index is 0.0665. The van der Waals surface area contributed by atoms with Gasteiger partial charge in [-0.05, 0) is 11.0 Å². The first-order valence-electron chi connectivity index (χ1n) is 6.31. The summed E-state index contributed by atoms with van der Waals surface area (Å²) in [6.07, 6.45) is 0.0665. The molecule has 0 saturated heterocycles. The van der Waals surface area contributed by atoms with Crippen LogP contribution in [0.25, 0.3) is 0 Å². The Balaban J connectivity index is 2.95. The largest absolute Gasteiger partial charge is 0.480 e. The second-order valence-electron chi connectivity index (χ2n) is 5.56. The van der Waals surface area contributed by atoms with Crippen molar-refractivity contribution in [3.8, 4) is 6.07 Å². The minimum atomic E-state index is -3.84. The molecule has 0 unspecified atom stereocenters. The molecule has 0 heterocycles. The van der Waals surface area contributed by atoms with Crippen LogP contribution in [0.1, 0.15) is 31.9 Å². The van der Waals surface area contributed by atoms with Gasteiger partial charge >= 0.3 is 5.97 Å². The third-order valence-corrected chi connectivity index (χ3v) is 4.57. The third kappa shape index (κ3) is 5.53. The Hall–Kier alpha value is -1.91. The molecule has 0 fully saturated rings. The molecule has 6 nitrogen and oxygen atoms in total. The molecule has 0 aliphatic carbocycles. The smallest absolute Gasteiger partial charge is 0.326 e. The highest BCUT2D eigenvalue weighted by atomic mass is 32.2. The average molecular weight is 310 g/mol. The van der Waals surface area contributed by atoms with Crippen LogP contribution in [-0.4, -0.2) is 25.2 Å². The van der Waals surface area contributed by atoms with Crippen LogP contribution in [0.3, 0.4) is 0 Å². The van der Waals surface area contributed by atoms with Crippen LogP contribution in [0, 0.1) is 16.7 Å². The Morgan fingerprint density at radius 1 is 1.38 bits per heavy atom. The monoisotopic (exact) mass is 310 g/mol. The molecular formula is C14H18N2O4S. The van der Waals surface area contributed by atoms with Crippen molar-refractivity contribution in [2.45, 2.75) is 26.3 Å². The van der Waals surface area contributed by atoms with E-state index in [0.29, 0.717) is 5.56 Å². The first-order valence-corrected chi connectivity index (χ1v) is 7.97. The molecule has 0 amide bonds. The molecule has 1 aromatic rings. The van der Waals surface area contributed by atoms with Gasteiger partial charge < -0.3 is 5.11 Å². The van der Waals surface area contributed by atoms with E-state index < -0.39 is 27.4 Å². The number of nitriles is 1. The van der Waals surface area contributed by atoms with Crippen LogP contribution in [0.5, 0.6) is 0 Å². The van der Waals surface area contributed by atoms with Gasteiger partial charge in [-0.25, -0.2) is 8.42 Å². The zero-order valence-corrected chi connectivity index (χ0v) is 12.7. The van der Waals surface area contributed by atoms with E-state index in [9.17, 15) is 18.3 Å². The molecule has 114 valence electrons. The van der Waals surface area contributed by atoms with Crippen molar-refractivity contribution in [3.05, 3.63) is 35.9 Å². The fourth-order valence-corrected chi connectivity index (χ4v) is 3.72. The normalized spacial score (nSPS) is 13.4. The number of hydrogen-bond acceptors (Lipinski definition) is 4. The summed E-state index contributed by atoms with van der Waals surface area (Å²) in [5.41, 5.74) is -0.396. The molecule has 2 N–H and O–H groups in total. The van der Waals surface area contributed by atoms with E-state index in [2.05, 4.69) is 4.72 Å². The highest BCUT2D eigenvalue weighted by Crippen LogP contribution is 2.23. The van der Waals surface area contributed by atoms with E-state index in [1.54, 1.807) is 44.2 Å². The number of sulfonamides is 1. The fraction of sp³-hybridized carbons (Fsp3) is 0.429. The molecule has 0 spiro atoms. The van der Waals surface area contributed by atoms with Gasteiger partial charge in [-0.1, -0.05) is 44.2 Å². The van der Waals surface area contributed by atoms with E-state index in [0.717, 1.165) is 0 Å². The van der Waals surface area contributed by atoms with Crippen molar-refractivity contribution in [2.75, 3.05) is 5.75 Å². The number of aliphatic carboxylic acids is 1. The molecule has 1 aromatic carbocycles. The van der Waals surface area contributed by atoms with Gasteiger partial charge in [0.15, 0.2) is 0 Å². The quantitative estimate of drug-likeness (QED) is 0.796. The Kier molecular flexibility index (Phi) is 5.47. The zero-order valence-electron chi connectivity index (χ0n) is 11.9. The molecule has 21 heavy (non-hydrogen) atoms. The Morgan fingerprint density at radius 3 is 2.43 bits per heavy atom. The van der Waals surface area contributed by atoms with Crippen molar-refractivity contribution in [1.29, 1.82) is 5.26 Å². The van der Waals surface area contributed by atoms with Crippen LogP contribution < -0.4 is 4.72 Å². The Bertz CT molecular complexity index is 633. The van der Waals surface area contributed by atoms with Gasteiger partial charge in [0.2, 0.25) is 10.0 Å². The number of rotatable bonds is 7. The van der Waals surface area contributed by atoms with Crippen molar-refractivity contribution in [3.63, 3.8) is 0 Å². The second-order valence-corrected chi connectivity index (χ2v) is 7.31. The third-order valence-electron chi connectivity index (χ3n) is 2.82. The number of hydrogen-bond donors (Lipinski definition) is 2. The van der Waals surface area contributed by atoms with Crippen molar-refractivity contribution < 1.29 is 18.3 Å². The summed E-state index contributed by atoms with van der Waals surface area (Å²) < 4.78 is 26.4. The first-order chi connectivity index (χ1) is 9.67. The number of nitrogens with one attached hydrogen (secondary N) is 1. The lowest BCUT2D eigenvalue weighted by molar-refractivity contribution is -0.139. The molecule has 0 radical (unpaired) electrons. The summed E-state index contributed by atoms with van der Waals surface area (Å²) in [5, 5.41) is 17.9. The fourth-order valence-electron chi connectivity index (χ4n) is 1.91. The average Bonchev–Trinajstić information content (AvgIpc) is 2.35. The molecule has 1 atom stereocenters. The van der Waals surface area contributed by atoms with Crippen LogP contribution in [0.15, 0.2) is 30.3 Å². The van der Waals surface area contributed by atoms with Gasteiger partial charge in [-0.2, -0.15) is 9.98 Å². The van der Waals surface area contributed by atoms with E-state index in [4.69, 9.17) is 5.26 Å². The molecule has 7 heteroatoms. The lowest BCUT2D eigenvalue weighted by Gasteiger charge is -2.23. The van der Waals surface area contributed by atoms with Gasteiger partial charge in [-0.15, -0.1) is 0 Å². The minimum Gasteiger partial charge on any atom is -0.480 e. The standard InChI is InChI=1S/C14H18N2O4S/c1-14(2,8-9-15)10-21(19,20)16-12(13(17)18)11-6-4-3-5-7-11/h3-7,12,16H,8,10H2,1-2H3,(H,17,18)/t12-/m0/s1. The number of carboxylic acid groups (broad SMARTS) is 1. The predicted octanol–water partition coefficient (Wildman–Crippen LogP) is 1.67. The molecule has 0 aromatic heterocycles. The van der Waals surface area contributed by atoms with Crippen molar-refractivity contribution in [1.82, 2.24) is 4.72 Å². The maximum atomic E-state index is 12.1. The van der Waals surface area contributed by atoms with Gasteiger partial charge in [0.05, 0.1) is 11.8 Å². The van der Waals surface area contributed by atoms with Crippen LogP contribution in [0.2, 0.25) is 0 Å². The second kappa shape index (κ2) is 6.70. The topological polar surface area (TPSA) is 107 Å². The van der Waals surface area contributed by atoms with Crippen LogP contribution >= 0.6 is 0 Å². The van der Waals surface area contributed by atoms with E-state index in [1.807, 2.05) is 6.07 Å². The van der Waals surface area contributed by atoms with E-state index in [1.165, 1.54) is 0 Å². The molecule has 0 aliphatic rings. The lowest BCUT2D eigenvalue weighted by Crippen LogP contribution is -2.39. The molecule has 0 saturated carbocycles. The molecule has 1 rings (SSSR count). The zero-order chi connectivity index (χ0) is 16.1. The molecule has 0 bridgehead atoms. The van der Waals surface area contributed by atoms with Gasteiger partial charge in [0.25, 0.3) is 0 Å². The number of benzene rings is 1. The van der Waals surface area contributed by atoms with Crippen molar-refractivity contribution in [2.24, 2.45) is 5.41 Å². The first kappa shape index (κ1) is 17.1. The molecule has 0 aliphatic heterocycles. The van der Waals surface area contributed by atoms with Crippen molar-refractivity contribution >= 4 is 16.0 Å². The van der Waals surface area contributed by atoms with Gasteiger partial charge in [-0.3, -0.25) is 4.79 Å². The molecular weight excluding hydrogens is 292 g/mol. The van der Waals surface area contributed by atoms with E-state index >= 15 is 0 Å². The summed E-state index contributed by atoms with van der Waals surface area (Å²) in [4.78, 5) is 11.3. The van der Waals surface area contributed by atoms with E-state index in [-0.39, 0.29) is 12.2 Å². The maximum absolute atomic E-state index is 12.1. The summed E-state index contributed by atoms with van der Waals surface area (Å²) >= 11 is 0. The van der Waals surface area contributed by atoms with Crippen LogP contribution in [0.4, 0.5) is 0 Å². The Labute approximate surface area is 124 Å². The highest BCUT2D eigenvalue weighted by molar-refractivity contribution is 7.89. The number of carboxylic acids is 1. The number of nitrogens with zero attached hydrogens (tertiary/aromatic N) is 1. The number of carbonyl (C=O) groups is 1. The lowest BCUT2D eigenvalue weighted by atomic mass is 9.93. The highest BCUT2D eigenvalue weighted by Gasteiger charge is 2.31. The summed E-state index contributed by atoms with van der Waals surface area (Å²) in [5.74, 6) is -1.59. The Morgan fingerprint density at radius 2 is 1.95 bits per heavy atom. The SMILES string of the molecule is CC(C)(CC#N)CS(=O)(=O)N[C@H](C(=O)O)c1ccccc1. The summed E-state index contributed by atoms with van der Waals surface area (Å²) in [6, 6.07) is 8.67. The predicted molar refractivity (Wildman–Crippen MR) is 77.8 cm³/mol. The maximum Gasteiger partial charge on any atom is 0.326 e. The summed E-state index contributed by atoms with van der Waals surface area (Å²) in [6.45, 7) is 3.29. The van der Waals surface area contributed by atoms with Gasteiger partial charge in [0.1, 0.15) is 6.04 Å². The summed E-state index contributed by atoms with van der Waals surface area (Å²) in [7, 11) is -3.84.